The molecule has 0 atom stereocenters. The molecule has 0 radical (unpaired) electrons. The van der Waals surface area contributed by atoms with E-state index in [2.05, 4.69) is 5.32 Å². The molecular formula is C14H15F2NO2. The molecule has 0 aliphatic heterocycles. The van der Waals surface area contributed by atoms with Crippen molar-refractivity contribution in [2.45, 2.75) is 32.1 Å². The van der Waals surface area contributed by atoms with Crippen molar-refractivity contribution in [3.05, 3.63) is 29.8 Å². The molecule has 0 spiro atoms. The van der Waals surface area contributed by atoms with Gasteiger partial charge in [-0.15, -0.1) is 0 Å². The van der Waals surface area contributed by atoms with Crippen LogP contribution in [-0.4, -0.2) is 11.7 Å². The third kappa shape index (κ3) is 3.36. The Morgan fingerprint density at radius 2 is 2.05 bits per heavy atom. The normalized spacial score (nSPS) is 15.1. The third-order valence-corrected chi connectivity index (χ3v) is 3.03. The van der Waals surface area contributed by atoms with Crippen LogP contribution >= 0.6 is 0 Å². The van der Waals surface area contributed by atoms with Gasteiger partial charge in [0.15, 0.2) is 0 Å². The second-order valence-corrected chi connectivity index (χ2v) is 4.91. The Bertz CT molecular complexity index is 510. The Morgan fingerprint density at radius 3 is 2.63 bits per heavy atom. The Hall–Kier alpha value is -1.78. The first-order valence-electron chi connectivity index (χ1n) is 6.17. The molecule has 1 fully saturated rings. The third-order valence-electron chi connectivity index (χ3n) is 3.03. The molecule has 5 heteroatoms. The van der Waals surface area contributed by atoms with Crippen LogP contribution in [0.3, 0.4) is 0 Å². The number of carbonyl (C=O) groups excluding carboxylic acids is 2. The summed E-state index contributed by atoms with van der Waals surface area (Å²) in [5.41, 5.74) is 0.208. The first kappa shape index (κ1) is 13.6. The fraction of sp³-hybridized carbons (Fsp3) is 0.429. The Morgan fingerprint density at radius 1 is 1.37 bits per heavy atom. The fourth-order valence-corrected chi connectivity index (χ4v) is 1.92. The molecule has 0 heterocycles. The summed E-state index contributed by atoms with van der Waals surface area (Å²) in [4.78, 5) is 22.2. The van der Waals surface area contributed by atoms with E-state index in [1.54, 1.807) is 0 Å². The Labute approximate surface area is 110 Å². The highest BCUT2D eigenvalue weighted by Crippen LogP contribution is 2.49. The van der Waals surface area contributed by atoms with Crippen molar-refractivity contribution in [2.75, 3.05) is 5.32 Å². The van der Waals surface area contributed by atoms with Crippen molar-refractivity contribution in [3.63, 3.8) is 0 Å². The summed E-state index contributed by atoms with van der Waals surface area (Å²) < 4.78 is 27.8. The summed E-state index contributed by atoms with van der Waals surface area (Å²) in [6, 6.07) is 5.65. The maximum absolute atomic E-state index is 13.9. The second-order valence-electron chi connectivity index (χ2n) is 4.91. The fourth-order valence-electron chi connectivity index (χ4n) is 1.92. The van der Waals surface area contributed by atoms with Gasteiger partial charge in [-0.25, -0.2) is 8.78 Å². The number of hydrogen-bond acceptors (Lipinski definition) is 2. The highest BCUT2D eigenvalue weighted by Gasteiger charge is 2.47. The highest BCUT2D eigenvalue weighted by atomic mass is 19.3. The van der Waals surface area contributed by atoms with Gasteiger partial charge in [-0.3, -0.25) is 9.59 Å². The van der Waals surface area contributed by atoms with E-state index in [0.29, 0.717) is 18.5 Å². The quantitative estimate of drug-likeness (QED) is 0.833. The molecule has 1 aliphatic carbocycles. The molecule has 0 bridgehead atoms. The number of anilines is 1. The summed E-state index contributed by atoms with van der Waals surface area (Å²) in [5.74, 6) is -4.19. The number of rotatable bonds is 5. The van der Waals surface area contributed by atoms with Crippen LogP contribution in [0.4, 0.5) is 14.5 Å². The monoisotopic (exact) mass is 267 g/mol. The number of benzene rings is 1. The largest absolute Gasteiger partial charge is 0.326 e. The summed E-state index contributed by atoms with van der Waals surface area (Å²) in [6.45, 7) is 1.30. The van der Waals surface area contributed by atoms with Crippen molar-refractivity contribution < 1.29 is 18.4 Å². The van der Waals surface area contributed by atoms with E-state index in [1.807, 2.05) is 0 Å². The molecule has 1 aromatic carbocycles. The lowest BCUT2D eigenvalue weighted by Gasteiger charge is -2.17. The highest BCUT2D eigenvalue weighted by molar-refractivity contribution is 6.03. The minimum Gasteiger partial charge on any atom is -0.326 e. The van der Waals surface area contributed by atoms with E-state index in [1.165, 1.54) is 31.2 Å². The molecule has 1 amide bonds. The Kier molecular flexibility index (Phi) is 3.64. The molecular weight excluding hydrogens is 252 g/mol. The molecule has 19 heavy (non-hydrogen) atoms. The smallest absolute Gasteiger partial charge is 0.276 e. The lowest BCUT2D eigenvalue weighted by molar-refractivity contribution is -0.124. The summed E-state index contributed by atoms with van der Waals surface area (Å²) in [5, 5.41) is 2.45. The topological polar surface area (TPSA) is 46.2 Å². The molecule has 1 aromatic rings. The zero-order valence-electron chi connectivity index (χ0n) is 10.6. The number of alkyl halides is 2. The summed E-state index contributed by atoms with van der Waals surface area (Å²) in [6.07, 6.45) is 0.824. The molecule has 102 valence electrons. The lowest BCUT2D eigenvalue weighted by Crippen LogP contribution is -2.18. The van der Waals surface area contributed by atoms with Gasteiger partial charge in [0.1, 0.15) is 5.78 Å². The van der Waals surface area contributed by atoms with Gasteiger partial charge in [-0.1, -0.05) is 12.1 Å². The van der Waals surface area contributed by atoms with E-state index in [0.717, 1.165) is 0 Å². The van der Waals surface area contributed by atoms with Gasteiger partial charge in [0.2, 0.25) is 5.91 Å². The lowest BCUT2D eigenvalue weighted by atomic mass is 10.0. The van der Waals surface area contributed by atoms with E-state index in [4.69, 9.17) is 0 Å². The molecule has 1 aliphatic rings. The number of nitrogens with one attached hydrogen (secondary N) is 1. The van der Waals surface area contributed by atoms with Crippen LogP contribution in [0.2, 0.25) is 0 Å². The molecule has 3 nitrogen and oxygen atoms in total. The van der Waals surface area contributed by atoms with Gasteiger partial charge in [-0.05, 0) is 31.9 Å². The van der Waals surface area contributed by atoms with Crippen LogP contribution < -0.4 is 5.32 Å². The second kappa shape index (κ2) is 5.07. The molecule has 1 N–H and O–H groups in total. The zero-order valence-corrected chi connectivity index (χ0v) is 10.6. The number of ketones is 1. The van der Waals surface area contributed by atoms with Crippen LogP contribution in [0.1, 0.15) is 31.7 Å². The summed E-state index contributed by atoms with van der Waals surface area (Å²) in [7, 11) is 0. The van der Waals surface area contributed by atoms with Crippen LogP contribution in [0.15, 0.2) is 24.3 Å². The van der Waals surface area contributed by atoms with Crippen molar-refractivity contribution in [1.29, 1.82) is 0 Å². The van der Waals surface area contributed by atoms with Crippen LogP contribution in [0.5, 0.6) is 0 Å². The van der Waals surface area contributed by atoms with Crippen molar-refractivity contribution in [3.8, 4) is 0 Å². The number of hydrogen-bond donors (Lipinski definition) is 1. The first-order chi connectivity index (χ1) is 8.89. The van der Waals surface area contributed by atoms with E-state index < -0.39 is 17.7 Å². The van der Waals surface area contributed by atoms with Gasteiger partial charge < -0.3 is 5.32 Å². The van der Waals surface area contributed by atoms with E-state index >= 15 is 0 Å². The maximum atomic E-state index is 13.9. The number of halogens is 2. The van der Waals surface area contributed by atoms with Gasteiger partial charge in [0.05, 0.1) is 6.42 Å². The maximum Gasteiger partial charge on any atom is 0.276 e. The first-order valence-corrected chi connectivity index (χ1v) is 6.17. The van der Waals surface area contributed by atoms with Crippen LogP contribution in [-0.2, 0) is 15.5 Å². The van der Waals surface area contributed by atoms with Gasteiger partial charge in [0, 0.05) is 17.2 Å². The molecule has 0 unspecified atom stereocenters. The molecule has 0 saturated heterocycles. The average molecular weight is 267 g/mol. The number of Topliss-reactive ketones (excluding diaryl/α,β-unsaturated/α-hetero) is 1. The molecule has 1 saturated carbocycles. The van der Waals surface area contributed by atoms with Gasteiger partial charge in [-0.2, -0.15) is 0 Å². The number of amides is 1. The number of carbonyl (C=O) groups is 2. The van der Waals surface area contributed by atoms with Crippen molar-refractivity contribution in [1.82, 2.24) is 0 Å². The molecule has 2 rings (SSSR count). The minimum absolute atomic E-state index is 0.0874. The van der Waals surface area contributed by atoms with Gasteiger partial charge >= 0.3 is 0 Å². The minimum atomic E-state index is -2.85. The Balaban J connectivity index is 2.11. The predicted molar refractivity (Wildman–Crippen MR) is 67.0 cm³/mol. The zero-order chi connectivity index (χ0) is 14.0. The van der Waals surface area contributed by atoms with E-state index in [9.17, 15) is 18.4 Å². The van der Waals surface area contributed by atoms with Gasteiger partial charge in [0.25, 0.3) is 5.92 Å². The molecule has 0 aromatic heterocycles. The average Bonchev–Trinajstić information content (AvgIpc) is 3.11. The van der Waals surface area contributed by atoms with Crippen molar-refractivity contribution in [2.24, 2.45) is 5.92 Å². The SMILES string of the molecule is CC(=O)CC(=O)Nc1cccc(C(F)(F)C2CC2)c1. The van der Waals surface area contributed by atoms with Crippen LogP contribution in [0, 0.1) is 5.92 Å². The summed E-state index contributed by atoms with van der Waals surface area (Å²) >= 11 is 0. The standard InChI is InChI=1S/C14H15F2NO2/c1-9(18)7-13(19)17-12-4-2-3-11(8-12)14(15,16)10-5-6-10/h2-4,8,10H,5-7H2,1H3,(H,17,19). The predicted octanol–water partition coefficient (Wildman–Crippen LogP) is 3.11. The van der Waals surface area contributed by atoms with Crippen molar-refractivity contribution >= 4 is 17.4 Å². The van der Waals surface area contributed by atoms with Crippen LogP contribution in [0.25, 0.3) is 0 Å². The van der Waals surface area contributed by atoms with E-state index in [-0.39, 0.29) is 17.8 Å².